The van der Waals surface area contributed by atoms with Gasteiger partial charge in [-0.05, 0) is 30.2 Å². The topological polar surface area (TPSA) is 105 Å². The first-order valence-corrected chi connectivity index (χ1v) is 9.33. The maximum absolute atomic E-state index is 12.0. The number of hydrogen-bond acceptors (Lipinski definition) is 7. The molecule has 2 N–H and O–H groups in total. The Bertz CT molecular complexity index is 998. The molecule has 9 nitrogen and oxygen atoms in total. The zero-order chi connectivity index (χ0) is 19.8. The molecule has 0 bridgehead atoms. The number of fused-ring (bicyclic) bond motifs is 1. The van der Waals surface area contributed by atoms with Crippen molar-refractivity contribution in [2.45, 2.75) is 19.9 Å². The van der Waals surface area contributed by atoms with Crippen LogP contribution in [-0.2, 0) is 17.8 Å². The fraction of sp³-hybridized carbons (Fsp3) is 0.421. The van der Waals surface area contributed by atoms with Crippen molar-refractivity contribution >= 4 is 23.8 Å². The zero-order valence-electron chi connectivity index (χ0n) is 16.1. The number of nitrogens with zero attached hydrogens (tertiary/aromatic N) is 6. The summed E-state index contributed by atoms with van der Waals surface area (Å²) in [5.74, 6) is 0.905. The third-order valence-corrected chi connectivity index (χ3v) is 5.42. The van der Waals surface area contributed by atoms with E-state index in [0.29, 0.717) is 19.6 Å². The maximum Gasteiger partial charge on any atom is 0.241 e. The average molecular weight is 380 g/mol. The van der Waals surface area contributed by atoms with Crippen molar-refractivity contribution in [3.63, 3.8) is 0 Å². The van der Waals surface area contributed by atoms with Crippen LogP contribution in [0.25, 0.3) is 0 Å². The summed E-state index contributed by atoms with van der Waals surface area (Å²) in [6, 6.07) is 3.86. The molecule has 1 saturated heterocycles. The highest BCUT2D eigenvalue weighted by Gasteiger charge is 2.25. The van der Waals surface area contributed by atoms with Crippen molar-refractivity contribution < 1.29 is 4.79 Å². The lowest BCUT2D eigenvalue weighted by atomic mass is 10.0. The number of amides is 1. The van der Waals surface area contributed by atoms with Crippen LogP contribution in [0.4, 0.5) is 11.5 Å². The number of anilines is 2. The molecule has 0 aliphatic carbocycles. The molecule has 4 rings (SSSR count). The molecule has 2 aromatic heterocycles. The molecule has 0 aromatic carbocycles. The smallest absolute Gasteiger partial charge is 0.241 e. The molecule has 28 heavy (non-hydrogen) atoms. The average Bonchev–Trinajstić information content (AvgIpc) is 2.69. The zero-order valence-corrected chi connectivity index (χ0v) is 16.1. The van der Waals surface area contributed by atoms with Crippen LogP contribution in [0.15, 0.2) is 18.3 Å². The first kappa shape index (κ1) is 18.1. The van der Waals surface area contributed by atoms with Gasteiger partial charge < -0.3 is 14.7 Å². The lowest BCUT2D eigenvalue weighted by Gasteiger charge is -2.35. The van der Waals surface area contributed by atoms with Gasteiger partial charge in [-0.25, -0.2) is 4.68 Å². The van der Waals surface area contributed by atoms with E-state index in [2.05, 4.69) is 25.9 Å². The third kappa shape index (κ3) is 3.23. The van der Waals surface area contributed by atoms with E-state index in [1.807, 2.05) is 20.2 Å². The summed E-state index contributed by atoms with van der Waals surface area (Å²) in [4.78, 5) is 22.7. The summed E-state index contributed by atoms with van der Waals surface area (Å²) >= 11 is 0. The van der Waals surface area contributed by atoms with Gasteiger partial charge in [0.25, 0.3) is 0 Å². The fourth-order valence-electron chi connectivity index (χ4n) is 3.73. The number of carbonyl (C=O) groups is 1. The predicted octanol–water partition coefficient (Wildman–Crippen LogP) is 0.362. The van der Waals surface area contributed by atoms with Gasteiger partial charge >= 0.3 is 0 Å². The van der Waals surface area contributed by atoms with E-state index in [4.69, 9.17) is 10.8 Å². The lowest BCUT2D eigenvalue weighted by molar-refractivity contribution is -0.129. The Balaban J connectivity index is 1.61. The number of likely N-dealkylation sites (N-methyl/N-ethyl adjacent to an activating group) is 1. The number of aryl methyl sites for hydroxylation is 1. The van der Waals surface area contributed by atoms with Crippen LogP contribution in [0.3, 0.4) is 0 Å². The Morgan fingerprint density at radius 1 is 1.14 bits per heavy atom. The molecule has 0 saturated carbocycles. The molecular formula is C19H24N8O. The minimum absolute atomic E-state index is 0.122. The lowest BCUT2D eigenvalue weighted by Crippen LogP contribution is -2.48. The summed E-state index contributed by atoms with van der Waals surface area (Å²) in [5, 5.41) is 19.8. The quantitative estimate of drug-likeness (QED) is 0.591. The molecule has 2 aliphatic heterocycles. The number of pyridine rings is 1. The fourth-order valence-corrected chi connectivity index (χ4v) is 3.73. The standard InChI is InChI=1S/C19H24N8O/c1-13-7-17(21)27(12-20)23-19(13)26-4-3-16-14(10-26)8-15(9-22-16)25-6-5-24(2)18(28)11-25/h7-9,12,20-21H,3-6,10-11H2,1-2H3. The Morgan fingerprint density at radius 3 is 2.71 bits per heavy atom. The van der Waals surface area contributed by atoms with Crippen LogP contribution in [-0.4, -0.2) is 65.1 Å². The van der Waals surface area contributed by atoms with Crippen LogP contribution in [0.2, 0.25) is 0 Å². The van der Waals surface area contributed by atoms with Crippen LogP contribution in [0, 0.1) is 17.7 Å². The van der Waals surface area contributed by atoms with Gasteiger partial charge in [0.2, 0.25) is 5.91 Å². The number of aromatic nitrogens is 3. The van der Waals surface area contributed by atoms with Crippen LogP contribution < -0.4 is 15.3 Å². The largest absolute Gasteiger partial charge is 0.359 e. The Hall–Kier alpha value is -3.23. The van der Waals surface area contributed by atoms with E-state index in [1.54, 1.807) is 11.0 Å². The second-order valence-corrected chi connectivity index (χ2v) is 7.32. The first-order chi connectivity index (χ1) is 13.5. The molecule has 0 unspecified atom stereocenters. The maximum atomic E-state index is 12.0. The van der Waals surface area contributed by atoms with Gasteiger partial charge in [-0.2, -0.15) is 0 Å². The molecule has 2 aliphatic rings. The summed E-state index contributed by atoms with van der Waals surface area (Å²) in [6.45, 7) is 5.29. The predicted molar refractivity (Wildman–Crippen MR) is 106 cm³/mol. The highest BCUT2D eigenvalue weighted by Crippen LogP contribution is 2.27. The molecule has 4 heterocycles. The monoisotopic (exact) mass is 380 g/mol. The van der Waals surface area contributed by atoms with Crippen LogP contribution in [0.5, 0.6) is 0 Å². The highest BCUT2D eigenvalue weighted by molar-refractivity contribution is 5.82. The van der Waals surface area contributed by atoms with Crippen molar-refractivity contribution in [2.24, 2.45) is 0 Å². The molecule has 146 valence electrons. The number of piperazine rings is 1. The Labute approximate surface area is 163 Å². The van der Waals surface area contributed by atoms with Gasteiger partial charge in [-0.15, -0.1) is 5.10 Å². The van der Waals surface area contributed by atoms with E-state index in [-0.39, 0.29) is 11.4 Å². The van der Waals surface area contributed by atoms with Crippen LogP contribution >= 0.6 is 0 Å². The SMILES string of the molecule is Cc1cc(=N)n(C=N)nc1N1CCc2ncc(N3CCN(C)C(=O)C3)cc2C1. The summed E-state index contributed by atoms with van der Waals surface area (Å²) in [5.41, 5.74) is 4.29. The van der Waals surface area contributed by atoms with Crippen molar-refractivity contribution in [1.29, 1.82) is 10.8 Å². The van der Waals surface area contributed by atoms with E-state index < -0.39 is 0 Å². The third-order valence-electron chi connectivity index (χ3n) is 5.42. The molecule has 1 amide bonds. The minimum Gasteiger partial charge on any atom is -0.359 e. The summed E-state index contributed by atoms with van der Waals surface area (Å²) in [6.07, 6.45) is 3.73. The van der Waals surface area contributed by atoms with Crippen molar-refractivity contribution in [3.05, 3.63) is 40.6 Å². The van der Waals surface area contributed by atoms with Gasteiger partial charge in [0.15, 0.2) is 5.82 Å². The van der Waals surface area contributed by atoms with E-state index in [0.717, 1.165) is 54.2 Å². The molecule has 9 heteroatoms. The highest BCUT2D eigenvalue weighted by atomic mass is 16.2. The van der Waals surface area contributed by atoms with Gasteiger partial charge in [-0.3, -0.25) is 20.6 Å². The summed E-state index contributed by atoms with van der Waals surface area (Å²) in [7, 11) is 1.83. The molecule has 1 fully saturated rings. The van der Waals surface area contributed by atoms with Crippen molar-refractivity contribution in [3.8, 4) is 0 Å². The molecule has 2 aromatic rings. The van der Waals surface area contributed by atoms with E-state index >= 15 is 0 Å². The summed E-state index contributed by atoms with van der Waals surface area (Å²) < 4.78 is 1.27. The Kier molecular flexibility index (Phi) is 4.58. The number of hydrogen-bond donors (Lipinski definition) is 2. The van der Waals surface area contributed by atoms with Crippen molar-refractivity contribution in [1.82, 2.24) is 19.7 Å². The van der Waals surface area contributed by atoms with Crippen LogP contribution in [0.1, 0.15) is 16.8 Å². The molecule has 0 spiro atoms. The first-order valence-electron chi connectivity index (χ1n) is 9.33. The minimum atomic E-state index is 0.122. The number of nitrogens with one attached hydrogen (secondary N) is 2. The van der Waals surface area contributed by atoms with Gasteiger partial charge in [0.05, 0.1) is 18.4 Å². The number of rotatable bonds is 3. The second kappa shape index (κ2) is 7.06. The number of carbonyl (C=O) groups excluding carboxylic acids is 1. The Morgan fingerprint density at radius 2 is 1.96 bits per heavy atom. The van der Waals surface area contributed by atoms with Gasteiger partial charge in [0, 0.05) is 45.3 Å². The van der Waals surface area contributed by atoms with Crippen molar-refractivity contribution in [2.75, 3.05) is 43.0 Å². The normalized spacial score (nSPS) is 16.9. The van der Waals surface area contributed by atoms with Gasteiger partial charge in [-0.1, -0.05) is 0 Å². The molecular weight excluding hydrogens is 356 g/mol. The molecule has 0 radical (unpaired) electrons. The molecule has 0 atom stereocenters. The second-order valence-electron chi connectivity index (χ2n) is 7.32. The van der Waals surface area contributed by atoms with E-state index in [1.165, 1.54) is 4.68 Å². The van der Waals surface area contributed by atoms with E-state index in [9.17, 15) is 4.79 Å². The van der Waals surface area contributed by atoms with Gasteiger partial charge in [0.1, 0.15) is 11.8 Å².